The largest absolute Gasteiger partial charge is 0.367 e. The van der Waals surface area contributed by atoms with Crippen LogP contribution in [0.3, 0.4) is 0 Å². The predicted octanol–water partition coefficient (Wildman–Crippen LogP) is 4.07. The van der Waals surface area contributed by atoms with Crippen LogP contribution in [0.25, 0.3) is 10.9 Å². The summed E-state index contributed by atoms with van der Waals surface area (Å²) in [6, 6.07) is 6.91. The lowest BCUT2D eigenvalue weighted by molar-refractivity contribution is 0.214. The van der Waals surface area contributed by atoms with Crippen LogP contribution in [0.15, 0.2) is 24.5 Å². The second-order valence-electron chi connectivity index (χ2n) is 7.68. The van der Waals surface area contributed by atoms with Crippen molar-refractivity contribution in [2.75, 3.05) is 5.32 Å². The van der Waals surface area contributed by atoms with E-state index >= 15 is 0 Å². The summed E-state index contributed by atoms with van der Waals surface area (Å²) in [5.41, 5.74) is 8.64. The Hall–Kier alpha value is -1.68. The van der Waals surface area contributed by atoms with Gasteiger partial charge in [-0.05, 0) is 55.7 Å². The lowest BCUT2D eigenvalue weighted by Crippen LogP contribution is -2.49. The molecule has 4 heteroatoms. The Morgan fingerprint density at radius 1 is 1.30 bits per heavy atom. The molecule has 0 amide bonds. The van der Waals surface area contributed by atoms with E-state index in [-0.39, 0.29) is 5.54 Å². The molecule has 1 heterocycles. The maximum absolute atomic E-state index is 6.37. The van der Waals surface area contributed by atoms with Crippen molar-refractivity contribution in [1.82, 2.24) is 9.97 Å². The van der Waals surface area contributed by atoms with Gasteiger partial charge in [0.15, 0.2) is 0 Å². The van der Waals surface area contributed by atoms with Crippen molar-refractivity contribution in [3.63, 3.8) is 0 Å². The normalized spacial score (nSPS) is 28.3. The molecule has 0 aliphatic heterocycles. The highest BCUT2D eigenvalue weighted by molar-refractivity contribution is 5.89. The van der Waals surface area contributed by atoms with E-state index in [2.05, 4.69) is 61.2 Å². The highest BCUT2D eigenvalue weighted by Gasteiger charge is 2.34. The van der Waals surface area contributed by atoms with Gasteiger partial charge in [0, 0.05) is 17.0 Å². The molecule has 1 fully saturated rings. The number of fused-ring (bicyclic) bond motifs is 1. The molecule has 1 aromatic heterocycles. The minimum atomic E-state index is -0.0449. The lowest BCUT2D eigenvalue weighted by Gasteiger charge is -2.40. The topological polar surface area (TPSA) is 63.8 Å². The first-order chi connectivity index (χ1) is 10.9. The predicted molar refractivity (Wildman–Crippen MR) is 96.6 cm³/mol. The summed E-state index contributed by atoms with van der Waals surface area (Å²) < 4.78 is 0. The first-order valence-electron chi connectivity index (χ1n) is 8.67. The van der Waals surface area contributed by atoms with E-state index in [1.807, 2.05) is 0 Å². The molecule has 1 aliphatic carbocycles. The molecular formula is C19H28N4. The van der Waals surface area contributed by atoms with Gasteiger partial charge in [-0.1, -0.05) is 26.8 Å². The number of rotatable bonds is 3. The molecule has 23 heavy (non-hydrogen) atoms. The van der Waals surface area contributed by atoms with Gasteiger partial charge in [-0.15, -0.1) is 0 Å². The highest BCUT2D eigenvalue weighted by Crippen LogP contribution is 2.33. The fourth-order valence-electron chi connectivity index (χ4n) is 3.42. The molecular weight excluding hydrogens is 284 g/mol. The standard InChI is InChI=1S/C19H28N4/c1-12(2)14-5-6-17-16(10-14)18(22-11-21-17)23-15-7-8-19(4,20)13(3)9-15/h5-6,10-13,15H,7-9,20H2,1-4H3,(H,21,22,23). The van der Waals surface area contributed by atoms with E-state index < -0.39 is 0 Å². The van der Waals surface area contributed by atoms with E-state index in [0.717, 1.165) is 36.0 Å². The van der Waals surface area contributed by atoms with Gasteiger partial charge in [0.1, 0.15) is 12.1 Å². The molecule has 4 nitrogen and oxygen atoms in total. The summed E-state index contributed by atoms with van der Waals surface area (Å²) in [6.45, 7) is 8.84. The number of nitrogens with two attached hydrogens (primary N) is 1. The molecule has 2 aromatic rings. The average molecular weight is 312 g/mol. The van der Waals surface area contributed by atoms with Crippen LogP contribution in [0.2, 0.25) is 0 Å². The molecule has 1 aliphatic rings. The van der Waals surface area contributed by atoms with Crippen molar-refractivity contribution in [2.45, 2.75) is 64.5 Å². The number of nitrogens with one attached hydrogen (secondary N) is 1. The van der Waals surface area contributed by atoms with Gasteiger partial charge in [0.2, 0.25) is 0 Å². The Balaban J connectivity index is 1.87. The maximum atomic E-state index is 6.37. The Bertz CT molecular complexity index is 693. The van der Waals surface area contributed by atoms with Crippen molar-refractivity contribution in [2.24, 2.45) is 11.7 Å². The summed E-state index contributed by atoms with van der Waals surface area (Å²) in [7, 11) is 0. The third-order valence-electron chi connectivity index (χ3n) is 5.46. The monoisotopic (exact) mass is 312 g/mol. The molecule has 124 valence electrons. The van der Waals surface area contributed by atoms with Crippen LogP contribution < -0.4 is 11.1 Å². The Morgan fingerprint density at radius 2 is 2.09 bits per heavy atom. The van der Waals surface area contributed by atoms with Crippen LogP contribution in [0, 0.1) is 5.92 Å². The van der Waals surface area contributed by atoms with Gasteiger partial charge < -0.3 is 11.1 Å². The van der Waals surface area contributed by atoms with Crippen LogP contribution in [0.4, 0.5) is 5.82 Å². The van der Waals surface area contributed by atoms with Crippen molar-refractivity contribution in [3.8, 4) is 0 Å². The highest BCUT2D eigenvalue weighted by atomic mass is 15.0. The van der Waals surface area contributed by atoms with Gasteiger partial charge in [0.25, 0.3) is 0 Å². The minimum Gasteiger partial charge on any atom is -0.367 e. The molecule has 3 unspecified atom stereocenters. The van der Waals surface area contributed by atoms with Crippen LogP contribution in [0.5, 0.6) is 0 Å². The molecule has 0 radical (unpaired) electrons. The third-order valence-corrected chi connectivity index (χ3v) is 5.46. The first kappa shape index (κ1) is 16.2. The second-order valence-corrected chi connectivity index (χ2v) is 7.68. The molecule has 0 saturated heterocycles. The number of hydrogen-bond donors (Lipinski definition) is 2. The average Bonchev–Trinajstić information content (AvgIpc) is 2.51. The Kier molecular flexibility index (Phi) is 4.28. The zero-order chi connectivity index (χ0) is 16.6. The maximum Gasteiger partial charge on any atom is 0.137 e. The fourth-order valence-corrected chi connectivity index (χ4v) is 3.42. The van der Waals surface area contributed by atoms with Crippen molar-refractivity contribution in [3.05, 3.63) is 30.1 Å². The van der Waals surface area contributed by atoms with E-state index in [1.165, 1.54) is 5.56 Å². The molecule has 0 bridgehead atoms. The molecule has 3 N–H and O–H groups in total. The Morgan fingerprint density at radius 3 is 2.78 bits per heavy atom. The van der Waals surface area contributed by atoms with Gasteiger partial charge in [-0.25, -0.2) is 9.97 Å². The molecule has 0 spiro atoms. The van der Waals surface area contributed by atoms with Crippen LogP contribution in [-0.4, -0.2) is 21.5 Å². The van der Waals surface area contributed by atoms with Crippen LogP contribution >= 0.6 is 0 Å². The van der Waals surface area contributed by atoms with E-state index in [0.29, 0.717) is 17.9 Å². The fraction of sp³-hybridized carbons (Fsp3) is 0.579. The van der Waals surface area contributed by atoms with Gasteiger partial charge in [0.05, 0.1) is 5.52 Å². The zero-order valence-electron chi connectivity index (χ0n) is 14.6. The van der Waals surface area contributed by atoms with Crippen LogP contribution in [0.1, 0.15) is 58.4 Å². The van der Waals surface area contributed by atoms with E-state index in [1.54, 1.807) is 6.33 Å². The SMILES string of the molecule is CC(C)c1ccc2ncnc(NC3CCC(C)(N)C(C)C3)c2c1. The molecule has 1 saturated carbocycles. The summed E-state index contributed by atoms with van der Waals surface area (Å²) in [6.07, 6.45) is 4.88. The number of aromatic nitrogens is 2. The van der Waals surface area contributed by atoms with Crippen LogP contribution in [-0.2, 0) is 0 Å². The van der Waals surface area contributed by atoms with Crippen molar-refractivity contribution < 1.29 is 0 Å². The summed E-state index contributed by atoms with van der Waals surface area (Å²) in [5.74, 6) is 1.96. The van der Waals surface area contributed by atoms with Gasteiger partial charge in [-0.2, -0.15) is 0 Å². The van der Waals surface area contributed by atoms with E-state index in [4.69, 9.17) is 5.73 Å². The summed E-state index contributed by atoms with van der Waals surface area (Å²) in [5, 5.41) is 4.77. The lowest BCUT2D eigenvalue weighted by atomic mass is 9.73. The third kappa shape index (κ3) is 3.32. The van der Waals surface area contributed by atoms with E-state index in [9.17, 15) is 0 Å². The van der Waals surface area contributed by atoms with Crippen molar-refractivity contribution in [1.29, 1.82) is 0 Å². The number of nitrogens with zero attached hydrogens (tertiary/aromatic N) is 2. The number of anilines is 1. The minimum absolute atomic E-state index is 0.0449. The molecule has 3 atom stereocenters. The Labute approximate surface area is 138 Å². The van der Waals surface area contributed by atoms with Gasteiger partial charge in [-0.3, -0.25) is 0 Å². The zero-order valence-corrected chi connectivity index (χ0v) is 14.6. The summed E-state index contributed by atoms with van der Waals surface area (Å²) in [4.78, 5) is 8.91. The summed E-state index contributed by atoms with van der Waals surface area (Å²) >= 11 is 0. The van der Waals surface area contributed by atoms with Gasteiger partial charge >= 0.3 is 0 Å². The number of benzene rings is 1. The molecule has 1 aromatic carbocycles. The molecule has 3 rings (SSSR count). The quantitative estimate of drug-likeness (QED) is 0.896. The number of hydrogen-bond acceptors (Lipinski definition) is 4. The van der Waals surface area contributed by atoms with Crippen molar-refractivity contribution >= 4 is 16.7 Å². The second kappa shape index (κ2) is 6.08. The first-order valence-corrected chi connectivity index (χ1v) is 8.67. The smallest absolute Gasteiger partial charge is 0.137 e.